The average molecular weight is 338 g/mol. The maximum absolute atomic E-state index is 11.8. The van der Waals surface area contributed by atoms with Crippen LogP contribution in [0.3, 0.4) is 0 Å². The Labute approximate surface area is 140 Å². The lowest BCUT2D eigenvalue weighted by Gasteiger charge is -2.27. The number of hydrogen-bond acceptors (Lipinski definition) is 5. The molecule has 0 saturated carbocycles. The number of rotatable bonds is 7. The second-order valence-corrected chi connectivity index (χ2v) is 6.32. The van der Waals surface area contributed by atoms with E-state index in [0.29, 0.717) is 0 Å². The second kappa shape index (κ2) is 8.67. The molecular weight excluding hydrogens is 316 g/mol. The van der Waals surface area contributed by atoms with Gasteiger partial charge in [0.25, 0.3) is 0 Å². The molecule has 2 atom stereocenters. The minimum Gasteiger partial charge on any atom is -0.449 e. The van der Waals surface area contributed by atoms with Crippen molar-refractivity contribution in [3.05, 3.63) is 35.9 Å². The zero-order valence-electron chi connectivity index (χ0n) is 13.4. The van der Waals surface area contributed by atoms with E-state index in [0.717, 1.165) is 12.2 Å². The van der Waals surface area contributed by atoms with Gasteiger partial charge in [0, 0.05) is 11.0 Å². The number of carbonyl (C=O) groups is 2. The number of nitrogens with one attached hydrogen (secondary N) is 1. The molecule has 1 saturated heterocycles. The molecule has 1 fully saturated rings. The molecule has 7 heteroatoms. The molecule has 0 aliphatic carbocycles. The Bertz CT molecular complexity index is 526. The van der Waals surface area contributed by atoms with Gasteiger partial charge in [0.15, 0.2) is 0 Å². The number of nitrogens with zero attached hydrogens (tertiary/aromatic N) is 1. The van der Waals surface area contributed by atoms with E-state index < -0.39 is 12.2 Å². The van der Waals surface area contributed by atoms with Crippen LogP contribution in [0, 0.1) is 0 Å². The highest BCUT2D eigenvalue weighted by Gasteiger charge is 2.39. The lowest BCUT2D eigenvalue weighted by Crippen LogP contribution is -2.51. The molecule has 1 aliphatic rings. The molecule has 1 heterocycles. The van der Waals surface area contributed by atoms with Crippen molar-refractivity contribution in [3.8, 4) is 0 Å². The predicted octanol–water partition coefficient (Wildman–Crippen LogP) is 3.18. The van der Waals surface area contributed by atoms with E-state index in [-0.39, 0.29) is 24.5 Å². The molecule has 0 radical (unpaired) electrons. The van der Waals surface area contributed by atoms with E-state index in [9.17, 15) is 9.59 Å². The molecule has 23 heavy (non-hydrogen) atoms. The second-order valence-electron chi connectivity index (χ2n) is 5.09. The highest BCUT2D eigenvalue weighted by molar-refractivity contribution is 7.99. The summed E-state index contributed by atoms with van der Waals surface area (Å²) in [7, 11) is 0. The molecule has 1 aromatic rings. The molecule has 126 valence electrons. The number of carbonyl (C=O) groups excluding carboxylic acids is 2. The summed E-state index contributed by atoms with van der Waals surface area (Å²) < 4.78 is 9.93. The average Bonchev–Trinajstić information content (AvgIpc) is 2.91. The van der Waals surface area contributed by atoms with Gasteiger partial charge in [-0.2, -0.15) is 11.8 Å². The maximum atomic E-state index is 11.8. The minimum absolute atomic E-state index is 0.156. The van der Waals surface area contributed by atoms with Crippen molar-refractivity contribution in [2.75, 3.05) is 13.2 Å². The third kappa shape index (κ3) is 4.79. The number of hydrogen-bond donors (Lipinski definition) is 1. The number of cyclic esters (lactones) is 1. The van der Waals surface area contributed by atoms with E-state index in [1.807, 2.05) is 18.2 Å². The Balaban J connectivity index is 1.97. The zero-order valence-corrected chi connectivity index (χ0v) is 14.2. The molecule has 2 amide bonds. The minimum atomic E-state index is -0.640. The summed E-state index contributed by atoms with van der Waals surface area (Å²) in [4.78, 5) is 23.4. The standard InChI is InChI=1S/C16H22N2O4S/c1-3-14(23-11-12-8-6-5-7-9-12)13-10-22-16(20)18(13)17-15(19)21-4-2/h5-9,13-14H,3-4,10-11H2,1-2H3,(H,17,19)/t13?,14-/m1/s1. The molecule has 2 rings (SSSR count). The van der Waals surface area contributed by atoms with Gasteiger partial charge in [-0.3, -0.25) is 0 Å². The van der Waals surface area contributed by atoms with Crippen molar-refractivity contribution in [1.29, 1.82) is 0 Å². The zero-order chi connectivity index (χ0) is 16.7. The normalized spacial score (nSPS) is 18.4. The van der Waals surface area contributed by atoms with Gasteiger partial charge in [0.2, 0.25) is 0 Å². The summed E-state index contributed by atoms with van der Waals surface area (Å²) in [5.41, 5.74) is 3.70. The van der Waals surface area contributed by atoms with Gasteiger partial charge in [-0.15, -0.1) is 0 Å². The third-order valence-electron chi connectivity index (χ3n) is 3.53. The van der Waals surface area contributed by atoms with Gasteiger partial charge < -0.3 is 9.47 Å². The van der Waals surface area contributed by atoms with Crippen LogP contribution in [0.15, 0.2) is 30.3 Å². The number of hydrazine groups is 1. The highest BCUT2D eigenvalue weighted by atomic mass is 32.2. The van der Waals surface area contributed by atoms with Crippen LogP contribution >= 0.6 is 11.8 Å². The third-order valence-corrected chi connectivity index (χ3v) is 5.11. The van der Waals surface area contributed by atoms with Gasteiger partial charge in [-0.05, 0) is 18.9 Å². The Morgan fingerprint density at radius 1 is 1.43 bits per heavy atom. The monoisotopic (exact) mass is 338 g/mol. The summed E-state index contributed by atoms with van der Waals surface area (Å²) >= 11 is 1.75. The van der Waals surface area contributed by atoms with E-state index in [4.69, 9.17) is 9.47 Å². The van der Waals surface area contributed by atoms with Gasteiger partial charge in [0.1, 0.15) is 12.6 Å². The first-order valence-corrected chi connectivity index (χ1v) is 8.75. The molecule has 1 aliphatic heterocycles. The van der Waals surface area contributed by atoms with E-state index in [2.05, 4.69) is 24.5 Å². The summed E-state index contributed by atoms with van der Waals surface area (Å²) in [5, 5.41) is 1.41. The van der Waals surface area contributed by atoms with Crippen LogP contribution in [0.4, 0.5) is 9.59 Å². The van der Waals surface area contributed by atoms with Crippen molar-refractivity contribution >= 4 is 23.9 Å². The molecule has 1 aromatic carbocycles. The summed E-state index contributed by atoms with van der Waals surface area (Å²) in [5.74, 6) is 0.845. The van der Waals surface area contributed by atoms with Crippen molar-refractivity contribution in [3.63, 3.8) is 0 Å². The first-order chi connectivity index (χ1) is 11.2. The topological polar surface area (TPSA) is 67.9 Å². The fourth-order valence-corrected chi connectivity index (χ4v) is 3.64. The van der Waals surface area contributed by atoms with Crippen LogP contribution in [-0.4, -0.2) is 41.7 Å². The number of benzene rings is 1. The molecule has 6 nitrogen and oxygen atoms in total. The van der Waals surface area contributed by atoms with Crippen molar-refractivity contribution in [2.45, 2.75) is 37.3 Å². The van der Waals surface area contributed by atoms with E-state index >= 15 is 0 Å². The first kappa shape index (κ1) is 17.5. The van der Waals surface area contributed by atoms with Crippen molar-refractivity contribution in [1.82, 2.24) is 10.4 Å². The quantitative estimate of drug-likeness (QED) is 0.827. The highest BCUT2D eigenvalue weighted by Crippen LogP contribution is 2.28. The first-order valence-electron chi connectivity index (χ1n) is 7.70. The Morgan fingerprint density at radius 3 is 2.83 bits per heavy atom. The van der Waals surface area contributed by atoms with Gasteiger partial charge in [-0.25, -0.2) is 20.0 Å². The van der Waals surface area contributed by atoms with Gasteiger partial charge >= 0.3 is 12.2 Å². The lowest BCUT2D eigenvalue weighted by molar-refractivity contribution is 0.106. The summed E-state index contributed by atoms with van der Waals surface area (Å²) in [6.07, 6.45) is -0.319. The maximum Gasteiger partial charge on any atom is 0.429 e. The summed E-state index contributed by atoms with van der Waals surface area (Å²) in [6, 6.07) is 9.95. The van der Waals surface area contributed by atoms with Gasteiger partial charge in [-0.1, -0.05) is 37.3 Å². The molecule has 1 unspecified atom stereocenters. The smallest absolute Gasteiger partial charge is 0.429 e. The van der Waals surface area contributed by atoms with Crippen LogP contribution in [-0.2, 0) is 15.2 Å². The fourth-order valence-electron chi connectivity index (χ4n) is 2.38. The van der Waals surface area contributed by atoms with E-state index in [1.54, 1.807) is 18.7 Å². The van der Waals surface area contributed by atoms with Crippen molar-refractivity contribution < 1.29 is 19.1 Å². The van der Waals surface area contributed by atoms with E-state index in [1.165, 1.54) is 10.6 Å². The number of thioether (sulfide) groups is 1. The SMILES string of the molecule is CCOC(=O)NN1C(=O)OCC1[C@@H](CC)SCc1ccccc1. The van der Waals surface area contributed by atoms with Crippen LogP contribution in [0.2, 0.25) is 0 Å². The van der Waals surface area contributed by atoms with Crippen molar-refractivity contribution in [2.24, 2.45) is 0 Å². The number of amides is 2. The van der Waals surface area contributed by atoms with Crippen LogP contribution in [0.25, 0.3) is 0 Å². The molecule has 0 aromatic heterocycles. The van der Waals surface area contributed by atoms with Crippen LogP contribution in [0.5, 0.6) is 0 Å². The lowest BCUT2D eigenvalue weighted by atomic mass is 10.2. The Hall–Kier alpha value is -1.89. The molecule has 1 N–H and O–H groups in total. The van der Waals surface area contributed by atoms with Crippen LogP contribution < -0.4 is 5.43 Å². The molecule has 0 spiro atoms. The fraction of sp³-hybridized carbons (Fsp3) is 0.500. The van der Waals surface area contributed by atoms with Gasteiger partial charge in [0.05, 0.1) is 6.61 Å². The van der Waals surface area contributed by atoms with Crippen LogP contribution in [0.1, 0.15) is 25.8 Å². The number of ether oxygens (including phenoxy) is 2. The predicted molar refractivity (Wildman–Crippen MR) is 88.9 cm³/mol. The largest absolute Gasteiger partial charge is 0.449 e. The molecular formula is C16H22N2O4S. The molecule has 0 bridgehead atoms. The summed E-state index contributed by atoms with van der Waals surface area (Å²) in [6.45, 7) is 4.29. The Morgan fingerprint density at radius 2 is 2.17 bits per heavy atom. The Kier molecular flexibility index (Phi) is 6.58.